The fraction of sp³-hybridized carbons (Fsp3) is 0.333. The molecule has 2 heterocycles. The quantitative estimate of drug-likeness (QED) is 0.848. The van der Waals surface area contributed by atoms with Crippen LogP contribution in [0.25, 0.3) is 0 Å². The van der Waals surface area contributed by atoms with Crippen LogP contribution >= 0.6 is 0 Å². The highest BCUT2D eigenvalue weighted by atomic mass is 16.5. The molecule has 5 heteroatoms. The zero-order valence-corrected chi connectivity index (χ0v) is 10.2. The van der Waals surface area contributed by atoms with Crippen LogP contribution in [-0.4, -0.2) is 10.1 Å². The molecular weight excluding hydrogens is 216 g/mol. The standard InChI is InChI=1S/C12H16N4O/c1-7-4-12(15-6-11(7)13)14-5-10-8(2)16-17-9(10)3/h4,6H,5,13H2,1-3H3,(H,14,15). The third-order valence-corrected chi connectivity index (χ3v) is 2.78. The number of hydrogen-bond donors (Lipinski definition) is 2. The Bertz CT molecular complexity index is 514. The fourth-order valence-corrected chi connectivity index (χ4v) is 1.60. The summed E-state index contributed by atoms with van der Waals surface area (Å²) in [6.07, 6.45) is 1.66. The van der Waals surface area contributed by atoms with E-state index in [0.29, 0.717) is 12.2 Å². The van der Waals surface area contributed by atoms with Crippen LogP contribution < -0.4 is 11.1 Å². The van der Waals surface area contributed by atoms with Gasteiger partial charge in [-0.1, -0.05) is 5.16 Å². The second-order valence-electron chi connectivity index (χ2n) is 4.08. The first-order chi connectivity index (χ1) is 8.08. The molecule has 0 atom stereocenters. The average Bonchev–Trinajstić information content (AvgIpc) is 2.61. The van der Waals surface area contributed by atoms with Crippen molar-refractivity contribution in [3.63, 3.8) is 0 Å². The smallest absolute Gasteiger partial charge is 0.138 e. The molecule has 0 unspecified atom stereocenters. The largest absolute Gasteiger partial charge is 0.397 e. The van der Waals surface area contributed by atoms with Crippen LogP contribution in [0.3, 0.4) is 0 Å². The summed E-state index contributed by atoms with van der Waals surface area (Å²) >= 11 is 0. The Hall–Kier alpha value is -2.04. The highest BCUT2D eigenvalue weighted by Gasteiger charge is 2.08. The summed E-state index contributed by atoms with van der Waals surface area (Å²) in [5, 5.41) is 7.13. The van der Waals surface area contributed by atoms with Gasteiger partial charge < -0.3 is 15.6 Å². The summed E-state index contributed by atoms with van der Waals surface area (Å²) in [5.74, 6) is 1.64. The van der Waals surface area contributed by atoms with Gasteiger partial charge in [0.2, 0.25) is 0 Å². The maximum absolute atomic E-state index is 5.71. The third kappa shape index (κ3) is 2.38. The van der Waals surface area contributed by atoms with E-state index in [4.69, 9.17) is 10.3 Å². The summed E-state index contributed by atoms with van der Waals surface area (Å²) in [6, 6.07) is 1.92. The Labute approximate surface area is 100 Å². The minimum absolute atomic E-state index is 0.650. The van der Waals surface area contributed by atoms with Gasteiger partial charge in [-0.2, -0.15) is 0 Å². The maximum atomic E-state index is 5.71. The molecule has 0 amide bonds. The molecule has 17 heavy (non-hydrogen) atoms. The molecule has 0 saturated carbocycles. The summed E-state index contributed by atoms with van der Waals surface area (Å²) in [4.78, 5) is 4.21. The second kappa shape index (κ2) is 4.45. The first kappa shape index (κ1) is 11.4. The number of hydrogen-bond acceptors (Lipinski definition) is 5. The van der Waals surface area contributed by atoms with Crippen LogP contribution in [0.2, 0.25) is 0 Å². The van der Waals surface area contributed by atoms with Gasteiger partial charge in [0, 0.05) is 12.1 Å². The van der Waals surface area contributed by atoms with Gasteiger partial charge in [-0.3, -0.25) is 0 Å². The normalized spacial score (nSPS) is 10.5. The number of anilines is 2. The van der Waals surface area contributed by atoms with Gasteiger partial charge in [-0.15, -0.1) is 0 Å². The Morgan fingerprint density at radius 2 is 2.12 bits per heavy atom. The Balaban J connectivity index is 2.10. The average molecular weight is 232 g/mol. The summed E-state index contributed by atoms with van der Waals surface area (Å²) in [6.45, 7) is 6.43. The lowest BCUT2D eigenvalue weighted by molar-refractivity contribution is 0.392. The Morgan fingerprint density at radius 1 is 1.35 bits per heavy atom. The first-order valence-corrected chi connectivity index (χ1v) is 5.45. The Morgan fingerprint density at radius 3 is 2.71 bits per heavy atom. The molecule has 2 aromatic rings. The molecule has 2 rings (SSSR count). The molecule has 90 valence electrons. The fourth-order valence-electron chi connectivity index (χ4n) is 1.60. The van der Waals surface area contributed by atoms with Gasteiger partial charge in [0.05, 0.1) is 17.6 Å². The van der Waals surface area contributed by atoms with Crippen molar-refractivity contribution in [1.29, 1.82) is 0 Å². The van der Waals surface area contributed by atoms with Gasteiger partial charge >= 0.3 is 0 Å². The number of nitrogens with zero attached hydrogens (tertiary/aromatic N) is 2. The molecule has 0 aliphatic rings. The Kier molecular flexibility index (Phi) is 2.99. The van der Waals surface area contributed by atoms with Crippen molar-refractivity contribution in [2.24, 2.45) is 0 Å². The van der Waals surface area contributed by atoms with Crippen LogP contribution in [0.4, 0.5) is 11.5 Å². The van der Waals surface area contributed by atoms with E-state index in [9.17, 15) is 0 Å². The number of rotatable bonds is 3. The number of aryl methyl sites for hydroxylation is 3. The van der Waals surface area contributed by atoms with Crippen molar-refractivity contribution in [2.45, 2.75) is 27.3 Å². The van der Waals surface area contributed by atoms with Crippen LogP contribution in [0.1, 0.15) is 22.6 Å². The predicted molar refractivity (Wildman–Crippen MR) is 66.7 cm³/mol. The maximum Gasteiger partial charge on any atom is 0.138 e. The number of aromatic nitrogens is 2. The lowest BCUT2D eigenvalue weighted by Crippen LogP contribution is -2.04. The van der Waals surface area contributed by atoms with Crippen LogP contribution in [-0.2, 0) is 6.54 Å². The zero-order valence-electron chi connectivity index (χ0n) is 10.2. The summed E-state index contributed by atoms with van der Waals surface area (Å²) in [7, 11) is 0. The molecule has 0 aliphatic carbocycles. The van der Waals surface area contributed by atoms with Gasteiger partial charge in [0.15, 0.2) is 0 Å². The van der Waals surface area contributed by atoms with E-state index >= 15 is 0 Å². The summed E-state index contributed by atoms with van der Waals surface area (Å²) in [5.41, 5.74) is 9.40. The SMILES string of the molecule is Cc1cc(NCc2c(C)noc2C)ncc1N. The highest BCUT2D eigenvalue weighted by Crippen LogP contribution is 2.16. The molecule has 5 nitrogen and oxygen atoms in total. The van der Waals surface area contributed by atoms with Crippen molar-refractivity contribution in [3.05, 3.63) is 34.8 Å². The minimum Gasteiger partial charge on any atom is -0.397 e. The van der Waals surface area contributed by atoms with E-state index in [1.54, 1.807) is 6.20 Å². The van der Waals surface area contributed by atoms with Crippen molar-refractivity contribution in [3.8, 4) is 0 Å². The van der Waals surface area contributed by atoms with E-state index in [0.717, 1.165) is 28.4 Å². The second-order valence-corrected chi connectivity index (χ2v) is 4.08. The van der Waals surface area contributed by atoms with Gasteiger partial charge in [0.1, 0.15) is 11.6 Å². The molecule has 3 N–H and O–H groups in total. The first-order valence-electron chi connectivity index (χ1n) is 5.45. The van der Waals surface area contributed by atoms with Crippen molar-refractivity contribution in [1.82, 2.24) is 10.1 Å². The third-order valence-electron chi connectivity index (χ3n) is 2.78. The summed E-state index contributed by atoms with van der Waals surface area (Å²) < 4.78 is 5.10. The van der Waals surface area contributed by atoms with E-state index in [2.05, 4.69) is 15.5 Å². The van der Waals surface area contributed by atoms with Gasteiger partial charge in [-0.25, -0.2) is 4.98 Å². The van der Waals surface area contributed by atoms with E-state index < -0.39 is 0 Å². The zero-order chi connectivity index (χ0) is 12.4. The number of pyridine rings is 1. The monoisotopic (exact) mass is 232 g/mol. The van der Waals surface area contributed by atoms with E-state index in [-0.39, 0.29) is 0 Å². The molecule has 2 aromatic heterocycles. The van der Waals surface area contributed by atoms with Crippen LogP contribution in [0.15, 0.2) is 16.8 Å². The van der Waals surface area contributed by atoms with Crippen molar-refractivity contribution >= 4 is 11.5 Å². The van der Waals surface area contributed by atoms with E-state index in [1.165, 1.54) is 0 Å². The molecule has 0 radical (unpaired) electrons. The number of nitrogen functional groups attached to an aromatic ring is 1. The molecule has 0 spiro atoms. The number of nitrogens with one attached hydrogen (secondary N) is 1. The topological polar surface area (TPSA) is 77.0 Å². The lowest BCUT2D eigenvalue weighted by atomic mass is 10.2. The molecule has 0 bridgehead atoms. The molecular formula is C12H16N4O. The van der Waals surface area contributed by atoms with Crippen LogP contribution in [0.5, 0.6) is 0 Å². The van der Waals surface area contributed by atoms with Crippen molar-refractivity contribution < 1.29 is 4.52 Å². The van der Waals surface area contributed by atoms with Gasteiger partial charge in [0.25, 0.3) is 0 Å². The van der Waals surface area contributed by atoms with Crippen molar-refractivity contribution in [2.75, 3.05) is 11.1 Å². The predicted octanol–water partition coefficient (Wildman–Crippen LogP) is 2.19. The van der Waals surface area contributed by atoms with Gasteiger partial charge in [-0.05, 0) is 32.4 Å². The molecule has 0 fully saturated rings. The molecule has 0 aromatic carbocycles. The molecule has 0 saturated heterocycles. The minimum atomic E-state index is 0.650. The number of nitrogens with two attached hydrogens (primary N) is 1. The van der Waals surface area contributed by atoms with Crippen LogP contribution in [0, 0.1) is 20.8 Å². The molecule has 0 aliphatic heterocycles. The lowest BCUT2D eigenvalue weighted by Gasteiger charge is -2.07. The highest BCUT2D eigenvalue weighted by molar-refractivity contribution is 5.51. The van der Waals surface area contributed by atoms with E-state index in [1.807, 2.05) is 26.8 Å².